The molecule has 39 heavy (non-hydrogen) atoms. The van der Waals surface area contributed by atoms with E-state index in [4.69, 9.17) is 18.9 Å². The summed E-state index contributed by atoms with van der Waals surface area (Å²) in [5.74, 6) is -0.956. The van der Waals surface area contributed by atoms with E-state index in [-0.39, 0.29) is 67.5 Å². The first-order chi connectivity index (χ1) is 18.2. The van der Waals surface area contributed by atoms with Gasteiger partial charge in [0.05, 0.1) is 36.9 Å². The third kappa shape index (κ3) is 8.85. The van der Waals surface area contributed by atoms with Gasteiger partial charge in [-0.1, -0.05) is 39.8 Å². The zero-order valence-corrected chi connectivity index (χ0v) is 24.4. The van der Waals surface area contributed by atoms with Crippen LogP contribution in [0.15, 0.2) is 23.8 Å². The maximum atomic E-state index is 12.7. The molecule has 9 heteroatoms. The van der Waals surface area contributed by atoms with Crippen LogP contribution in [0.25, 0.3) is 0 Å². The van der Waals surface area contributed by atoms with Gasteiger partial charge in [0, 0.05) is 18.8 Å². The highest BCUT2D eigenvalue weighted by molar-refractivity contribution is 5.70. The van der Waals surface area contributed by atoms with Crippen LogP contribution in [0, 0.1) is 17.8 Å². The fraction of sp³-hybridized carbons (Fsp3) is 0.800. The Labute approximate surface area is 232 Å². The van der Waals surface area contributed by atoms with Gasteiger partial charge in [0.1, 0.15) is 23.9 Å². The van der Waals surface area contributed by atoms with Crippen LogP contribution in [0.4, 0.5) is 0 Å². The van der Waals surface area contributed by atoms with Gasteiger partial charge >= 0.3 is 11.9 Å². The molecule has 3 heterocycles. The van der Waals surface area contributed by atoms with Crippen LogP contribution in [-0.4, -0.2) is 81.7 Å². The van der Waals surface area contributed by atoms with E-state index in [9.17, 15) is 24.9 Å². The molecule has 3 N–H and O–H groups in total. The molecular formula is C30H48O9. The molecular weight excluding hydrogens is 504 g/mol. The molecule has 12 atom stereocenters. The van der Waals surface area contributed by atoms with Gasteiger partial charge in [0.2, 0.25) is 0 Å². The average molecular weight is 553 g/mol. The standard InChI is InChI=1S/C30H48O9/c1-8-22(33)19(5)29-24(38-29)14-18(4)28-23(37-28)13-17(3)27-16(2)9-10-25(36-20(6)31)30(7,35)12-11-21(32)15-26(34)39-27/h9-10,13,16,18-19,21-25,27-29,32-33,35H,8,11-12,14-15H2,1-7H3. The van der Waals surface area contributed by atoms with E-state index in [1.807, 2.05) is 33.8 Å². The highest BCUT2D eigenvalue weighted by Crippen LogP contribution is 2.41. The number of carbonyl (C=O) groups excluding carboxylic acids is 2. The summed E-state index contributed by atoms with van der Waals surface area (Å²) in [4.78, 5) is 24.4. The van der Waals surface area contributed by atoms with Gasteiger partial charge in [-0.2, -0.15) is 0 Å². The highest BCUT2D eigenvalue weighted by atomic mass is 16.6. The number of esters is 2. The number of epoxide rings is 2. The number of rotatable bonds is 9. The monoisotopic (exact) mass is 552 g/mol. The van der Waals surface area contributed by atoms with Crippen molar-refractivity contribution in [3.8, 4) is 0 Å². The van der Waals surface area contributed by atoms with Crippen molar-refractivity contribution in [2.75, 3.05) is 0 Å². The first kappa shape index (κ1) is 31.7. The largest absolute Gasteiger partial charge is 0.457 e. The van der Waals surface area contributed by atoms with Gasteiger partial charge in [-0.05, 0) is 57.1 Å². The second kappa shape index (κ2) is 13.3. The number of aliphatic hydroxyl groups is 3. The number of hydrogen-bond acceptors (Lipinski definition) is 9. The Hall–Kier alpha value is -1.78. The summed E-state index contributed by atoms with van der Waals surface area (Å²) in [6, 6.07) is 0. The minimum absolute atomic E-state index is 0.0364. The Balaban J connectivity index is 1.68. The third-order valence-corrected chi connectivity index (χ3v) is 8.38. The summed E-state index contributed by atoms with van der Waals surface area (Å²) >= 11 is 0. The van der Waals surface area contributed by atoms with Crippen LogP contribution in [0.3, 0.4) is 0 Å². The lowest BCUT2D eigenvalue weighted by Crippen LogP contribution is -2.42. The van der Waals surface area contributed by atoms with Gasteiger partial charge in [0.25, 0.3) is 0 Å². The minimum Gasteiger partial charge on any atom is -0.457 e. The maximum Gasteiger partial charge on any atom is 0.309 e. The molecule has 3 rings (SSSR count). The van der Waals surface area contributed by atoms with E-state index in [0.29, 0.717) is 6.42 Å². The predicted molar refractivity (Wildman–Crippen MR) is 145 cm³/mol. The van der Waals surface area contributed by atoms with Crippen molar-refractivity contribution in [3.63, 3.8) is 0 Å². The van der Waals surface area contributed by atoms with Crippen molar-refractivity contribution in [1.82, 2.24) is 0 Å². The molecule has 0 amide bonds. The number of cyclic esters (lactones) is 1. The number of aliphatic hydroxyl groups excluding tert-OH is 2. The summed E-state index contributed by atoms with van der Waals surface area (Å²) in [6.45, 7) is 12.8. The van der Waals surface area contributed by atoms with E-state index in [1.165, 1.54) is 6.92 Å². The molecule has 0 saturated carbocycles. The van der Waals surface area contributed by atoms with E-state index in [1.54, 1.807) is 19.1 Å². The van der Waals surface area contributed by atoms with Crippen molar-refractivity contribution >= 4 is 11.9 Å². The van der Waals surface area contributed by atoms with Crippen molar-refractivity contribution in [2.24, 2.45) is 17.8 Å². The SMILES string of the molecule is CCC(O)C(C)C1OC1CC(C)C1OC1C=C(C)C1OC(=O)CC(O)CCC(C)(O)C(OC(C)=O)C=CC1C. The van der Waals surface area contributed by atoms with Crippen LogP contribution in [-0.2, 0) is 28.5 Å². The highest BCUT2D eigenvalue weighted by Gasteiger charge is 2.49. The molecule has 3 aliphatic heterocycles. The molecule has 0 aromatic heterocycles. The quantitative estimate of drug-likeness (QED) is 0.224. The molecule has 0 aliphatic carbocycles. The van der Waals surface area contributed by atoms with Crippen LogP contribution >= 0.6 is 0 Å². The fourth-order valence-corrected chi connectivity index (χ4v) is 5.61. The van der Waals surface area contributed by atoms with Gasteiger partial charge in [-0.25, -0.2) is 0 Å². The van der Waals surface area contributed by atoms with Crippen LogP contribution < -0.4 is 0 Å². The summed E-state index contributed by atoms with van der Waals surface area (Å²) in [5.41, 5.74) is -0.586. The molecule has 3 aliphatic rings. The normalized spacial score (nSPS) is 39.9. The Morgan fingerprint density at radius 3 is 2.56 bits per heavy atom. The fourth-order valence-electron chi connectivity index (χ4n) is 5.61. The zero-order chi connectivity index (χ0) is 29.1. The molecule has 0 bridgehead atoms. The van der Waals surface area contributed by atoms with Gasteiger partial charge in [0.15, 0.2) is 0 Å². The van der Waals surface area contributed by atoms with Crippen LogP contribution in [0.2, 0.25) is 0 Å². The van der Waals surface area contributed by atoms with Crippen molar-refractivity contribution in [3.05, 3.63) is 23.8 Å². The van der Waals surface area contributed by atoms with Crippen molar-refractivity contribution < 1.29 is 43.9 Å². The lowest BCUT2D eigenvalue weighted by molar-refractivity contribution is -0.157. The van der Waals surface area contributed by atoms with Gasteiger partial charge < -0.3 is 34.3 Å². The average Bonchev–Trinajstić information content (AvgIpc) is 3.78. The van der Waals surface area contributed by atoms with Crippen molar-refractivity contribution in [2.45, 2.75) is 135 Å². The summed E-state index contributed by atoms with van der Waals surface area (Å²) < 4.78 is 23.0. The molecule has 222 valence electrons. The van der Waals surface area contributed by atoms with E-state index < -0.39 is 35.9 Å². The number of carbonyl (C=O) groups is 2. The Kier molecular flexibility index (Phi) is 10.8. The molecule has 0 aromatic rings. The zero-order valence-electron chi connectivity index (χ0n) is 24.4. The van der Waals surface area contributed by atoms with Gasteiger partial charge in [-0.15, -0.1) is 0 Å². The molecule has 0 aromatic carbocycles. The number of hydrogen-bond donors (Lipinski definition) is 3. The number of ether oxygens (including phenoxy) is 4. The molecule has 12 unspecified atom stereocenters. The second-order valence-corrected chi connectivity index (χ2v) is 12.1. The lowest BCUT2D eigenvalue weighted by atomic mass is 9.88. The van der Waals surface area contributed by atoms with E-state index in [0.717, 1.165) is 12.0 Å². The predicted octanol–water partition coefficient (Wildman–Crippen LogP) is 3.23. The van der Waals surface area contributed by atoms with Crippen LogP contribution in [0.1, 0.15) is 80.6 Å². The Bertz CT molecular complexity index is 912. The molecule has 0 spiro atoms. The summed E-state index contributed by atoms with van der Waals surface area (Å²) in [5, 5.41) is 31.5. The third-order valence-electron chi connectivity index (χ3n) is 8.38. The Morgan fingerprint density at radius 1 is 1.23 bits per heavy atom. The Morgan fingerprint density at radius 2 is 1.92 bits per heavy atom. The molecule has 2 saturated heterocycles. The smallest absolute Gasteiger partial charge is 0.309 e. The topological polar surface area (TPSA) is 138 Å². The summed E-state index contributed by atoms with van der Waals surface area (Å²) in [6.07, 6.45) is 4.37. The molecule has 2 fully saturated rings. The van der Waals surface area contributed by atoms with E-state index >= 15 is 0 Å². The van der Waals surface area contributed by atoms with Gasteiger partial charge in [-0.3, -0.25) is 9.59 Å². The minimum atomic E-state index is -1.41. The first-order valence-corrected chi connectivity index (χ1v) is 14.4. The second-order valence-electron chi connectivity index (χ2n) is 12.1. The van der Waals surface area contributed by atoms with Crippen molar-refractivity contribution in [1.29, 1.82) is 0 Å². The lowest BCUT2D eigenvalue weighted by Gasteiger charge is -2.32. The molecule has 0 radical (unpaired) electrons. The first-order valence-electron chi connectivity index (χ1n) is 14.4. The van der Waals surface area contributed by atoms with E-state index in [2.05, 4.69) is 6.92 Å². The summed E-state index contributed by atoms with van der Waals surface area (Å²) in [7, 11) is 0. The maximum absolute atomic E-state index is 12.7. The molecule has 9 nitrogen and oxygen atoms in total. The van der Waals surface area contributed by atoms with Crippen LogP contribution in [0.5, 0.6) is 0 Å².